The van der Waals surface area contributed by atoms with Gasteiger partial charge in [-0.1, -0.05) is 17.3 Å². The van der Waals surface area contributed by atoms with E-state index in [0.29, 0.717) is 5.92 Å². The molecular weight excluding hydrogens is 258 g/mol. The van der Waals surface area contributed by atoms with Crippen molar-refractivity contribution in [3.63, 3.8) is 0 Å². The molecule has 0 saturated heterocycles. The van der Waals surface area contributed by atoms with Crippen LogP contribution in [0.25, 0.3) is 0 Å². The van der Waals surface area contributed by atoms with E-state index in [1.54, 1.807) is 11.8 Å². The third-order valence-electron chi connectivity index (χ3n) is 3.06. The summed E-state index contributed by atoms with van der Waals surface area (Å²) in [5.74, 6) is 2.91. The van der Waals surface area contributed by atoms with Crippen LogP contribution in [0.2, 0.25) is 0 Å². The fourth-order valence-electron chi connectivity index (χ4n) is 1.92. The highest BCUT2D eigenvalue weighted by Crippen LogP contribution is 2.39. The van der Waals surface area contributed by atoms with Crippen molar-refractivity contribution in [1.82, 2.24) is 15.5 Å². The Hall–Kier alpha value is -1.33. The van der Waals surface area contributed by atoms with Gasteiger partial charge in [0.15, 0.2) is 5.82 Å². The second-order valence-corrected chi connectivity index (χ2v) is 5.84. The molecule has 1 aliphatic rings. The van der Waals surface area contributed by atoms with Gasteiger partial charge in [0.2, 0.25) is 5.89 Å². The fraction of sp³-hybridized carbons (Fsp3) is 0.429. The minimum atomic E-state index is 0.533. The molecule has 0 atom stereocenters. The maximum Gasteiger partial charge on any atom is 0.229 e. The van der Waals surface area contributed by atoms with Crippen molar-refractivity contribution in [3.8, 4) is 0 Å². The van der Waals surface area contributed by atoms with E-state index in [4.69, 9.17) is 4.52 Å². The molecule has 1 N–H and O–H groups in total. The summed E-state index contributed by atoms with van der Waals surface area (Å²) in [6.07, 6.45) is 2.39. The summed E-state index contributed by atoms with van der Waals surface area (Å²) >= 11 is 1.75. The van der Waals surface area contributed by atoms with Gasteiger partial charge < -0.3 is 9.84 Å². The van der Waals surface area contributed by atoms with Crippen molar-refractivity contribution in [2.75, 3.05) is 7.05 Å². The van der Waals surface area contributed by atoms with Crippen LogP contribution in [0.4, 0.5) is 0 Å². The first-order chi connectivity index (χ1) is 9.35. The van der Waals surface area contributed by atoms with Crippen LogP contribution >= 0.6 is 11.8 Å². The zero-order valence-corrected chi connectivity index (χ0v) is 11.7. The Bertz CT molecular complexity index is 551. The van der Waals surface area contributed by atoms with Gasteiger partial charge in [0, 0.05) is 17.4 Å². The number of hydrogen-bond donors (Lipinski definition) is 1. The van der Waals surface area contributed by atoms with Crippen LogP contribution in [-0.4, -0.2) is 17.2 Å². The Morgan fingerprint density at radius 2 is 2.32 bits per heavy atom. The molecule has 2 aromatic rings. The minimum Gasteiger partial charge on any atom is -0.339 e. The maximum absolute atomic E-state index is 5.25. The Kier molecular flexibility index (Phi) is 3.84. The highest BCUT2D eigenvalue weighted by molar-refractivity contribution is 7.98. The van der Waals surface area contributed by atoms with Crippen molar-refractivity contribution in [2.45, 2.75) is 36.0 Å². The molecule has 5 heteroatoms. The zero-order valence-electron chi connectivity index (χ0n) is 10.9. The lowest BCUT2D eigenvalue weighted by molar-refractivity contribution is 0.375. The van der Waals surface area contributed by atoms with E-state index in [9.17, 15) is 0 Å². The third-order valence-corrected chi connectivity index (χ3v) is 4.05. The largest absolute Gasteiger partial charge is 0.339 e. The molecule has 3 rings (SSSR count). The Morgan fingerprint density at radius 1 is 1.42 bits per heavy atom. The predicted molar refractivity (Wildman–Crippen MR) is 75.0 cm³/mol. The number of nitrogens with zero attached hydrogens (tertiary/aromatic N) is 2. The molecule has 0 amide bonds. The Morgan fingerprint density at radius 3 is 3.11 bits per heavy atom. The summed E-state index contributed by atoms with van der Waals surface area (Å²) in [5.41, 5.74) is 1.29. The van der Waals surface area contributed by atoms with Crippen LogP contribution in [0, 0.1) is 0 Å². The number of nitrogens with one attached hydrogen (secondary N) is 1. The average Bonchev–Trinajstić information content (AvgIpc) is 3.17. The van der Waals surface area contributed by atoms with Crippen LogP contribution in [0.15, 0.2) is 33.7 Å². The van der Waals surface area contributed by atoms with Gasteiger partial charge in [0.05, 0.1) is 5.75 Å². The second kappa shape index (κ2) is 5.75. The lowest BCUT2D eigenvalue weighted by atomic mass is 10.2. The molecule has 1 saturated carbocycles. The van der Waals surface area contributed by atoms with Gasteiger partial charge in [0.1, 0.15) is 0 Å². The SMILES string of the molecule is CNCc1cccc(SCc2noc(C3CC3)n2)c1. The summed E-state index contributed by atoms with van der Waals surface area (Å²) < 4.78 is 5.25. The standard InChI is InChI=1S/C14H17N3OS/c1-15-8-10-3-2-4-12(7-10)19-9-13-16-14(18-17-13)11-5-6-11/h2-4,7,11,15H,5-6,8-9H2,1H3. The molecule has 0 bridgehead atoms. The lowest BCUT2D eigenvalue weighted by Gasteiger charge is -2.03. The van der Waals surface area contributed by atoms with Gasteiger partial charge in [-0.2, -0.15) is 4.98 Å². The molecule has 19 heavy (non-hydrogen) atoms. The molecule has 0 aliphatic heterocycles. The van der Waals surface area contributed by atoms with Crippen molar-refractivity contribution in [1.29, 1.82) is 0 Å². The van der Waals surface area contributed by atoms with Gasteiger partial charge in [-0.25, -0.2) is 0 Å². The molecular formula is C14H17N3OS. The quantitative estimate of drug-likeness (QED) is 0.821. The van der Waals surface area contributed by atoms with Gasteiger partial charge in [-0.3, -0.25) is 0 Å². The molecule has 0 radical (unpaired) electrons. The van der Waals surface area contributed by atoms with E-state index in [2.05, 4.69) is 39.7 Å². The highest BCUT2D eigenvalue weighted by Gasteiger charge is 2.29. The second-order valence-electron chi connectivity index (χ2n) is 4.79. The topological polar surface area (TPSA) is 51.0 Å². The first-order valence-corrected chi connectivity index (χ1v) is 7.52. The lowest BCUT2D eigenvalue weighted by Crippen LogP contribution is -2.04. The molecule has 100 valence electrons. The maximum atomic E-state index is 5.25. The van der Waals surface area contributed by atoms with Crippen molar-refractivity contribution in [2.24, 2.45) is 0 Å². The van der Waals surface area contributed by atoms with E-state index in [1.165, 1.54) is 23.3 Å². The molecule has 1 aromatic heterocycles. The minimum absolute atomic E-state index is 0.533. The van der Waals surface area contributed by atoms with Crippen LogP contribution in [-0.2, 0) is 12.3 Å². The van der Waals surface area contributed by atoms with Crippen molar-refractivity contribution >= 4 is 11.8 Å². The van der Waals surface area contributed by atoms with E-state index in [1.807, 2.05) is 7.05 Å². The molecule has 0 spiro atoms. The van der Waals surface area contributed by atoms with Gasteiger partial charge >= 0.3 is 0 Å². The normalized spacial score (nSPS) is 14.8. The average molecular weight is 275 g/mol. The van der Waals surface area contributed by atoms with Gasteiger partial charge in [-0.05, 0) is 37.6 Å². The third kappa shape index (κ3) is 3.36. The van der Waals surface area contributed by atoms with E-state index >= 15 is 0 Å². The van der Waals surface area contributed by atoms with Crippen LogP contribution in [0.1, 0.15) is 36.0 Å². The summed E-state index contributed by atoms with van der Waals surface area (Å²) in [5, 5.41) is 7.19. The van der Waals surface area contributed by atoms with Crippen molar-refractivity contribution < 1.29 is 4.52 Å². The van der Waals surface area contributed by atoms with Gasteiger partial charge in [0.25, 0.3) is 0 Å². The van der Waals surface area contributed by atoms with Crippen LogP contribution in [0.5, 0.6) is 0 Å². The molecule has 1 heterocycles. The first-order valence-electron chi connectivity index (χ1n) is 6.54. The Balaban J connectivity index is 1.59. The van der Waals surface area contributed by atoms with Crippen LogP contribution in [0.3, 0.4) is 0 Å². The fourth-order valence-corrected chi connectivity index (χ4v) is 2.74. The van der Waals surface area contributed by atoms with E-state index in [-0.39, 0.29) is 0 Å². The smallest absolute Gasteiger partial charge is 0.229 e. The number of aromatic nitrogens is 2. The number of benzene rings is 1. The number of hydrogen-bond acceptors (Lipinski definition) is 5. The Labute approximate surface area is 117 Å². The first kappa shape index (κ1) is 12.7. The molecule has 1 aliphatic carbocycles. The van der Waals surface area contributed by atoms with E-state index < -0.39 is 0 Å². The van der Waals surface area contributed by atoms with Gasteiger partial charge in [-0.15, -0.1) is 11.8 Å². The molecule has 0 unspecified atom stereocenters. The predicted octanol–water partition coefficient (Wildman–Crippen LogP) is 2.96. The molecule has 4 nitrogen and oxygen atoms in total. The molecule has 1 fully saturated rings. The van der Waals surface area contributed by atoms with Crippen molar-refractivity contribution in [3.05, 3.63) is 41.5 Å². The summed E-state index contributed by atoms with van der Waals surface area (Å²) in [6.45, 7) is 0.891. The van der Waals surface area contributed by atoms with E-state index in [0.717, 1.165) is 24.0 Å². The summed E-state index contributed by atoms with van der Waals surface area (Å²) in [6, 6.07) is 8.52. The summed E-state index contributed by atoms with van der Waals surface area (Å²) in [7, 11) is 1.96. The molecule has 1 aromatic carbocycles. The highest BCUT2D eigenvalue weighted by atomic mass is 32.2. The summed E-state index contributed by atoms with van der Waals surface area (Å²) in [4.78, 5) is 5.68. The number of rotatable bonds is 6. The van der Waals surface area contributed by atoms with Crippen LogP contribution < -0.4 is 5.32 Å². The monoisotopic (exact) mass is 275 g/mol. The number of thioether (sulfide) groups is 1. The zero-order chi connectivity index (χ0) is 13.1.